The number of halogens is 1. The monoisotopic (exact) mass is 478 g/mol. The average molecular weight is 479 g/mol. The number of pyridine rings is 2. The largest absolute Gasteiger partial charge is 0.368 e. The summed E-state index contributed by atoms with van der Waals surface area (Å²) in [6.07, 6.45) is 8.33. The number of hydrazine groups is 1. The first-order valence-electron chi connectivity index (χ1n) is 12.9. The van der Waals surface area contributed by atoms with Gasteiger partial charge in [-0.05, 0) is 63.1 Å². The number of aromatic nitrogens is 3. The number of anilines is 3. The van der Waals surface area contributed by atoms with Crippen molar-refractivity contribution in [3.05, 3.63) is 48.3 Å². The Kier molecular flexibility index (Phi) is 6.07. The van der Waals surface area contributed by atoms with E-state index in [0.29, 0.717) is 23.6 Å². The van der Waals surface area contributed by atoms with Crippen molar-refractivity contribution < 1.29 is 4.39 Å². The highest BCUT2D eigenvalue weighted by Gasteiger charge is 2.35. The van der Waals surface area contributed by atoms with E-state index in [2.05, 4.69) is 55.8 Å². The molecule has 2 saturated heterocycles. The zero-order valence-corrected chi connectivity index (χ0v) is 20.5. The van der Waals surface area contributed by atoms with Crippen molar-refractivity contribution in [2.45, 2.75) is 51.1 Å². The molecule has 1 saturated carbocycles. The van der Waals surface area contributed by atoms with Gasteiger partial charge in [0.15, 0.2) is 5.65 Å². The molecule has 0 spiro atoms. The minimum Gasteiger partial charge on any atom is -0.368 e. The van der Waals surface area contributed by atoms with Gasteiger partial charge in [-0.25, -0.2) is 9.97 Å². The molecule has 186 valence electrons. The van der Waals surface area contributed by atoms with E-state index in [1.165, 1.54) is 0 Å². The molecule has 5 heterocycles. The fourth-order valence-electron chi connectivity index (χ4n) is 6.00. The van der Waals surface area contributed by atoms with Crippen LogP contribution in [0.15, 0.2) is 36.8 Å². The predicted octanol–water partition coefficient (Wildman–Crippen LogP) is 3.50. The molecule has 3 unspecified atom stereocenters. The fraction of sp³-hybridized carbons (Fsp3) is 0.538. The molecule has 6 rings (SSSR count). The topological polar surface area (TPSA) is 72.8 Å². The summed E-state index contributed by atoms with van der Waals surface area (Å²) < 4.78 is 17.1. The number of hydrogen-bond donors (Lipinski definition) is 3. The van der Waals surface area contributed by atoms with Crippen molar-refractivity contribution in [1.82, 2.24) is 30.1 Å². The molecule has 3 aromatic heterocycles. The van der Waals surface area contributed by atoms with E-state index in [4.69, 9.17) is 0 Å². The van der Waals surface area contributed by atoms with Crippen LogP contribution in [0.25, 0.3) is 5.65 Å². The van der Waals surface area contributed by atoms with Gasteiger partial charge in [0.25, 0.3) is 0 Å². The SMILES string of the molecule is CC(C)N1CCN(c2ccc(Nc3cc(C4CCC5CNNC5C4)c(F)n4ccnc34)nc2)CC1. The lowest BCUT2D eigenvalue weighted by Crippen LogP contribution is -2.48. The van der Waals surface area contributed by atoms with Crippen LogP contribution in [0.4, 0.5) is 21.6 Å². The van der Waals surface area contributed by atoms with Gasteiger partial charge in [0.1, 0.15) is 5.82 Å². The maximum atomic E-state index is 15.5. The van der Waals surface area contributed by atoms with Crippen LogP contribution >= 0.6 is 0 Å². The minimum absolute atomic E-state index is 0.177. The first-order chi connectivity index (χ1) is 17.1. The first kappa shape index (κ1) is 22.7. The van der Waals surface area contributed by atoms with Gasteiger partial charge in [0.05, 0.1) is 17.6 Å². The molecule has 9 heteroatoms. The van der Waals surface area contributed by atoms with E-state index in [1.807, 2.05) is 18.3 Å². The molecule has 3 N–H and O–H groups in total. The van der Waals surface area contributed by atoms with Crippen molar-refractivity contribution in [3.8, 4) is 0 Å². The molecule has 2 aliphatic heterocycles. The minimum atomic E-state index is -0.207. The Labute approximate surface area is 205 Å². The van der Waals surface area contributed by atoms with E-state index < -0.39 is 0 Å². The molecule has 0 amide bonds. The molecular formula is C26H35FN8. The summed E-state index contributed by atoms with van der Waals surface area (Å²) >= 11 is 0. The predicted molar refractivity (Wildman–Crippen MR) is 137 cm³/mol. The normalized spacial score (nSPS) is 25.4. The van der Waals surface area contributed by atoms with Crippen LogP contribution in [0, 0.1) is 11.9 Å². The van der Waals surface area contributed by atoms with Gasteiger partial charge >= 0.3 is 0 Å². The third kappa shape index (κ3) is 4.37. The number of piperazine rings is 1. The van der Waals surface area contributed by atoms with Crippen molar-refractivity contribution in [2.24, 2.45) is 5.92 Å². The van der Waals surface area contributed by atoms with Gasteiger partial charge in [0.2, 0.25) is 5.95 Å². The molecule has 1 aliphatic carbocycles. The summed E-state index contributed by atoms with van der Waals surface area (Å²) in [6.45, 7) is 9.67. The Hall–Kier alpha value is -2.75. The quantitative estimate of drug-likeness (QED) is 0.485. The van der Waals surface area contributed by atoms with E-state index in [-0.39, 0.29) is 11.9 Å². The molecule has 8 nitrogen and oxygen atoms in total. The van der Waals surface area contributed by atoms with Crippen molar-refractivity contribution >= 4 is 22.8 Å². The zero-order chi connectivity index (χ0) is 23.9. The number of rotatable bonds is 5. The number of imidazole rings is 1. The maximum Gasteiger partial charge on any atom is 0.203 e. The van der Waals surface area contributed by atoms with Crippen LogP contribution in [-0.2, 0) is 0 Å². The Bertz CT molecular complexity index is 1170. The summed E-state index contributed by atoms with van der Waals surface area (Å²) in [7, 11) is 0. The molecule has 3 atom stereocenters. The lowest BCUT2D eigenvalue weighted by molar-refractivity contribution is 0.209. The van der Waals surface area contributed by atoms with Gasteiger partial charge < -0.3 is 10.2 Å². The zero-order valence-electron chi connectivity index (χ0n) is 20.5. The number of nitrogens with one attached hydrogen (secondary N) is 3. The number of fused-ring (bicyclic) bond motifs is 2. The van der Waals surface area contributed by atoms with Crippen molar-refractivity contribution in [2.75, 3.05) is 42.9 Å². The summed E-state index contributed by atoms with van der Waals surface area (Å²) in [5, 5.41) is 3.42. The van der Waals surface area contributed by atoms with E-state index in [9.17, 15) is 0 Å². The smallest absolute Gasteiger partial charge is 0.203 e. The molecule has 3 aliphatic rings. The van der Waals surface area contributed by atoms with E-state index >= 15 is 4.39 Å². The summed E-state index contributed by atoms with van der Waals surface area (Å²) in [6, 6.07) is 7.06. The highest BCUT2D eigenvalue weighted by molar-refractivity contribution is 5.74. The Balaban J connectivity index is 1.22. The van der Waals surface area contributed by atoms with Crippen molar-refractivity contribution in [1.29, 1.82) is 0 Å². The van der Waals surface area contributed by atoms with Crippen LogP contribution in [-0.4, -0.2) is 64.1 Å². The van der Waals surface area contributed by atoms with E-state index in [1.54, 1.807) is 16.8 Å². The molecule has 0 aromatic carbocycles. The van der Waals surface area contributed by atoms with Gasteiger partial charge in [0, 0.05) is 62.8 Å². The second kappa shape index (κ2) is 9.37. The average Bonchev–Trinajstić information content (AvgIpc) is 3.56. The standard InChI is InChI=1S/C26H35FN8/c1-17(2)33-9-11-34(12-10-33)20-5-6-24(29-16-20)31-23-14-21(25(27)35-8-7-28-26(23)35)18-3-4-19-15-30-32-22(19)13-18/h5-8,14,16-19,22,30,32H,3-4,9-13,15H2,1-2H3,(H,29,31). The Morgan fingerprint density at radius 1 is 1.11 bits per heavy atom. The highest BCUT2D eigenvalue weighted by atomic mass is 19.1. The van der Waals surface area contributed by atoms with Crippen LogP contribution in [0.3, 0.4) is 0 Å². The second-order valence-electron chi connectivity index (χ2n) is 10.5. The Morgan fingerprint density at radius 3 is 2.74 bits per heavy atom. The maximum absolute atomic E-state index is 15.5. The molecule has 35 heavy (non-hydrogen) atoms. The molecule has 3 aromatic rings. The summed E-state index contributed by atoms with van der Waals surface area (Å²) in [4.78, 5) is 14.0. The van der Waals surface area contributed by atoms with Crippen LogP contribution < -0.4 is 21.1 Å². The van der Waals surface area contributed by atoms with Gasteiger partial charge in [-0.2, -0.15) is 4.39 Å². The van der Waals surface area contributed by atoms with Crippen LogP contribution in [0.1, 0.15) is 44.6 Å². The molecule has 0 bridgehead atoms. The van der Waals surface area contributed by atoms with Crippen molar-refractivity contribution in [3.63, 3.8) is 0 Å². The number of hydrogen-bond acceptors (Lipinski definition) is 7. The van der Waals surface area contributed by atoms with Gasteiger partial charge in [-0.3, -0.25) is 20.2 Å². The van der Waals surface area contributed by atoms with Crippen LogP contribution in [0.5, 0.6) is 0 Å². The molecular weight excluding hydrogens is 443 g/mol. The molecule has 3 fully saturated rings. The summed E-state index contributed by atoms with van der Waals surface area (Å²) in [5.41, 5.74) is 9.91. The van der Waals surface area contributed by atoms with Gasteiger partial charge in [-0.15, -0.1) is 0 Å². The third-order valence-corrected chi connectivity index (χ3v) is 8.14. The highest BCUT2D eigenvalue weighted by Crippen LogP contribution is 2.39. The van der Waals surface area contributed by atoms with Gasteiger partial charge in [-0.1, -0.05) is 0 Å². The third-order valence-electron chi connectivity index (χ3n) is 8.14. The fourth-order valence-corrected chi connectivity index (χ4v) is 6.00. The molecule has 0 radical (unpaired) electrons. The Morgan fingerprint density at radius 2 is 1.97 bits per heavy atom. The second-order valence-corrected chi connectivity index (χ2v) is 10.5. The van der Waals surface area contributed by atoms with E-state index in [0.717, 1.165) is 74.7 Å². The summed E-state index contributed by atoms with van der Waals surface area (Å²) in [5.74, 6) is 1.35. The van der Waals surface area contributed by atoms with Crippen LogP contribution in [0.2, 0.25) is 0 Å². The first-order valence-corrected chi connectivity index (χ1v) is 12.9. The lowest BCUT2D eigenvalue weighted by atomic mass is 9.76. The lowest BCUT2D eigenvalue weighted by Gasteiger charge is -2.38. The number of nitrogens with zero attached hydrogens (tertiary/aromatic N) is 5.